The van der Waals surface area contributed by atoms with Gasteiger partial charge in [-0.1, -0.05) is 0 Å². The van der Waals surface area contributed by atoms with Crippen LogP contribution in [0.4, 0.5) is 0 Å². The molecule has 0 saturated carbocycles. The van der Waals surface area contributed by atoms with Crippen molar-refractivity contribution in [3.05, 3.63) is 0 Å². The fourth-order valence-electron chi connectivity index (χ4n) is 1.16. The predicted molar refractivity (Wildman–Crippen MR) is 33.0 cm³/mol. The number of hydrogen-bond donors (Lipinski definition) is 0. The molecule has 38 valence electrons. The molecule has 0 bridgehead atoms. The number of hydrogen-bond acceptors (Lipinski definition) is 0. The van der Waals surface area contributed by atoms with Gasteiger partial charge in [0.15, 0.2) is 0 Å². The van der Waals surface area contributed by atoms with Crippen molar-refractivity contribution in [3.63, 3.8) is 0 Å². The van der Waals surface area contributed by atoms with E-state index in [4.69, 9.17) is 0 Å². The van der Waals surface area contributed by atoms with Crippen molar-refractivity contribution in [1.82, 2.24) is 0 Å². The third-order valence-corrected chi connectivity index (χ3v) is 9.34. The maximum atomic E-state index is 3.69. The van der Waals surface area contributed by atoms with E-state index >= 15 is 0 Å². The van der Waals surface area contributed by atoms with E-state index < -0.39 is 0 Å². The molecule has 0 N–H and O–H groups in total. The molecule has 0 unspecified atom stereocenters. The van der Waals surface area contributed by atoms with Crippen LogP contribution in [0.15, 0.2) is 0 Å². The molecule has 0 nitrogen and oxygen atoms in total. The van der Waals surface area contributed by atoms with Gasteiger partial charge in [0.05, 0.1) is 0 Å². The second-order valence-electron chi connectivity index (χ2n) is 2.64. The average molecular weight is 325 g/mol. The van der Waals surface area contributed by atoms with Crippen molar-refractivity contribution in [2.45, 2.75) is 25.4 Å². The van der Waals surface area contributed by atoms with Crippen LogP contribution in [0.3, 0.4) is 0 Å². The Labute approximate surface area is 70.1 Å². The van der Waals surface area contributed by atoms with Crippen molar-refractivity contribution < 1.29 is 24.6 Å². The van der Waals surface area contributed by atoms with Crippen LogP contribution in [-0.2, 0) is 24.6 Å². The predicted octanol–water partition coefficient (Wildman–Crippen LogP) is 1.15. The van der Waals surface area contributed by atoms with Crippen molar-refractivity contribution in [2.75, 3.05) is 0 Å². The summed E-state index contributed by atoms with van der Waals surface area (Å²) in [5.74, 6) is 0. The SMILES string of the molecule is [Si]C1([Si])C[CH2][Hg][CH2]C1. The Hall–Kier alpha value is 1.37. The van der Waals surface area contributed by atoms with Crippen molar-refractivity contribution in [2.24, 2.45) is 0 Å². The molecule has 8 heavy (non-hydrogen) atoms. The summed E-state index contributed by atoms with van der Waals surface area (Å²) in [5.41, 5.74) is 0. The van der Waals surface area contributed by atoms with Gasteiger partial charge in [-0.05, 0) is 0 Å². The average Bonchev–Trinajstić information content (AvgIpc) is 1.65. The van der Waals surface area contributed by atoms with Gasteiger partial charge in [0.25, 0.3) is 0 Å². The molecule has 1 saturated heterocycles. The van der Waals surface area contributed by atoms with E-state index in [1.54, 1.807) is 7.86 Å². The van der Waals surface area contributed by atoms with E-state index in [-0.39, 0.29) is 24.6 Å². The molecule has 0 amide bonds. The fourth-order valence-corrected chi connectivity index (χ4v) is 15.4. The van der Waals surface area contributed by atoms with E-state index in [2.05, 4.69) is 20.5 Å². The quantitative estimate of drug-likeness (QED) is 0.587. The first kappa shape index (κ1) is 7.48. The van der Waals surface area contributed by atoms with Gasteiger partial charge in [-0.2, -0.15) is 0 Å². The first-order chi connectivity index (χ1) is 3.71. The van der Waals surface area contributed by atoms with Gasteiger partial charge in [0.2, 0.25) is 0 Å². The van der Waals surface area contributed by atoms with Crippen LogP contribution in [0.1, 0.15) is 12.8 Å². The molecule has 0 aromatic heterocycles. The van der Waals surface area contributed by atoms with Crippen LogP contribution in [0, 0.1) is 0 Å². The zero-order valence-corrected chi connectivity index (χ0v) is 12.5. The van der Waals surface area contributed by atoms with Gasteiger partial charge in [-0.3, -0.25) is 0 Å². The second-order valence-corrected chi connectivity index (χ2v) is 13.3. The third kappa shape index (κ3) is 2.31. The van der Waals surface area contributed by atoms with Gasteiger partial charge in [0.1, 0.15) is 0 Å². The van der Waals surface area contributed by atoms with E-state index in [0.717, 1.165) is 0 Å². The molecule has 1 aliphatic heterocycles. The second kappa shape index (κ2) is 2.97. The summed E-state index contributed by atoms with van der Waals surface area (Å²) in [4.78, 5) is 0. The van der Waals surface area contributed by atoms with Crippen LogP contribution in [0.2, 0.25) is 12.5 Å². The number of rotatable bonds is 0. The van der Waals surface area contributed by atoms with Crippen LogP contribution in [0.5, 0.6) is 0 Å². The van der Waals surface area contributed by atoms with Crippen LogP contribution >= 0.6 is 0 Å². The monoisotopic (exact) mass is 326 g/mol. The van der Waals surface area contributed by atoms with Crippen molar-refractivity contribution in [1.29, 1.82) is 0 Å². The Kier molecular flexibility index (Phi) is 2.78. The first-order valence-electron chi connectivity index (χ1n) is 3.21. The Morgan fingerprint density at radius 2 is 1.62 bits per heavy atom. The maximum absolute atomic E-state index is 3.69. The zero-order chi connectivity index (χ0) is 6.04. The Morgan fingerprint density at radius 1 is 1.12 bits per heavy atom. The van der Waals surface area contributed by atoms with Crippen LogP contribution < -0.4 is 0 Å². The first-order valence-corrected chi connectivity index (χ1v) is 12.0. The molecule has 1 aliphatic rings. The van der Waals surface area contributed by atoms with Gasteiger partial charge >= 0.3 is 70.4 Å². The van der Waals surface area contributed by atoms with Gasteiger partial charge in [-0.25, -0.2) is 0 Å². The van der Waals surface area contributed by atoms with Gasteiger partial charge in [-0.15, -0.1) is 0 Å². The summed E-state index contributed by atoms with van der Waals surface area (Å²) in [7, 11) is 7.38. The molecule has 3 heteroatoms. The molecule has 0 atom stereocenters. The molecule has 1 heterocycles. The summed E-state index contributed by atoms with van der Waals surface area (Å²) in [6.45, 7) is 0. The molecular weight excluding hydrogens is 317 g/mol. The molecule has 0 aromatic carbocycles. The molecular formula is C5H8HgSi2. The zero-order valence-electron chi connectivity index (χ0n) is 5.04. The fraction of sp³-hybridized carbons (Fsp3) is 1.00. The van der Waals surface area contributed by atoms with Crippen molar-refractivity contribution >= 4 is 20.5 Å². The molecule has 1 fully saturated rings. The van der Waals surface area contributed by atoms with E-state index in [0.29, 0.717) is 4.66 Å². The molecule has 0 aliphatic carbocycles. The van der Waals surface area contributed by atoms with E-state index in [9.17, 15) is 0 Å². The molecule has 0 spiro atoms. The topological polar surface area (TPSA) is 0 Å². The Balaban J connectivity index is 2.33. The minimum absolute atomic E-state index is 0.244. The van der Waals surface area contributed by atoms with Crippen LogP contribution in [0.25, 0.3) is 0 Å². The molecule has 1 rings (SSSR count). The van der Waals surface area contributed by atoms with Crippen LogP contribution in [-0.4, -0.2) is 20.5 Å². The van der Waals surface area contributed by atoms with Gasteiger partial charge < -0.3 is 0 Å². The minimum atomic E-state index is -0.244. The Morgan fingerprint density at radius 3 is 1.88 bits per heavy atom. The van der Waals surface area contributed by atoms with E-state index in [1.807, 2.05) is 0 Å². The van der Waals surface area contributed by atoms with E-state index in [1.165, 1.54) is 12.8 Å². The van der Waals surface area contributed by atoms with Gasteiger partial charge in [0, 0.05) is 0 Å². The summed E-state index contributed by atoms with van der Waals surface area (Å²) >= 11 is -0.244. The third-order valence-electron chi connectivity index (χ3n) is 1.71. The standard InChI is InChI=1S/C5H8Si2.Hg/c1-3-5(6,7)4-2;/h1-4H2;. The molecule has 6 radical (unpaired) electrons. The molecule has 0 aromatic rings. The summed E-state index contributed by atoms with van der Waals surface area (Å²) < 4.78 is 3.53. The Bertz CT molecular complexity index is 74.5. The normalized spacial score (nSPS) is 25.8. The summed E-state index contributed by atoms with van der Waals surface area (Å²) in [6, 6.07) is 0. The van der Waals surface area contributed by atoms with Crippen molar-refractivity contribution in [3.8, 4) is 0 Å². The summed E-state index contributed by atoms with van der Waals surface area (Å²) in [5, 5.41) is 0. The summed E-state index contributed by atoms with van der Waals surface area (Å²) in [6.07, 6.45) is 2.75.